The lowest BCUT2D eigenvalue weighted by atomic mass is 10.1. The van der Waals surface area contributed by atoms with E-state index in [9.17, 15) is 4.39 Å². The van der Waals surface area contributed by atoms with Gasteiger partial charge in [0.05, 0.1) is 10.7 Å². The molecule has 0 saturated carbocycles. The molecule has 0 N–H and O–H groups in total. The third kappa shape index (κ3) is 4.23. The van der Waals surface area contributed by atoms with E-state index in [4.69, 9.17) is 21.6 Å². The van der Waals surface area contributed by atoms with E-state index in [1.54, 1.807) is 18.3 Å². The molecule has 1 aromatic carbocycles. The van der Waals surface area contributed by atoms with Crippen molar-refractivity contribution in [3.63, 3.8) is 0 Å². The van der Waals surface area contributed by atoms with Crippen LogP contribution in [0.15, 0.2) is 60.8 Å². The number of piperazine rings is 1. The van der Waals surface area contributed by atoms with Gasteiger partial charge in [-0.3, -0.25) is 4.57 Å². The summed E-state index contributed by atoms with van der Waals surface area (Å²) in [6, 6.07) is 16.4. The van der Waals surface area contributed by atoms with Gasteiger partial charge < -0.3 is 9.80 Å². The van der Waals surface area contributed by atoms with Crippen LogP contribution in [0.3, 0.4) is 0 Å². The lowest BCUT2D eigenvalue weighted by Crippen LogP contribution is -2.52. The molecule has 4 heterocycles. The lowest BCUT2D eigenvalue weighted by Gasteiger charge is -2.41. The molecule has 6 nitrogen and oxygen atoms in total. The number of hydrogen-bond donors (Lipinski definition) is 0. The Morgan fingerprint density at radius 1 is 0.971 bits per heavy atom. The van der Waals surface area contributed by atoms with Crippen LogP contribution in [0.4, 0.5) is 16.0 Å². The Kier molecular flexibility index (Phi) is 5.96. The van der Waals surface area contributed by atoms with Crippen LogP contribution in [-0.2, 0) is 0 Å². The van der Waals surface area contributed by atoms with E-state index < -0.39 is 0 Å². The Balaban J connectivity index is 1.53. The predicted molar refractivity (Wildman–Crippen MR) is 134 cm³/mol. The van der Waals surface area contributed by atoms with Crippen LogP contribution in [0.2, 0.25) is 5.02 Å². The van der Waals surface area contributed by atoms with Crippen LogP contribution in [-0.4, -0.2) is 45.2 Å². The van der Waals surface area contributed by atoms with Crippen molar-refractivity contribution in [3.8, 4) is 17.2 Å². The molecule has 1 aliphatic rings. The highest BCUT2D eigenvalue weighted by atomic mass is 35.5. The molecular formula is C26H26ClFN6. The molecule has 34 heavy (non-hydrogen) atoms. The third-order valence-corrected chi connectivity index (χ3v) is 6.57. The number of hydrogen-bond acceptors (Lipinski definition) is 5. The van der Waals surface area contributed by atoms with E-state index >= 15 is 0 Å². The molecule has 0 spiro atoms. The number of aryl methyl sites for hydroxylation is 2. The van der Waals surface area contributed by atoms with Gasteiger partial charge in [0.15, 0.2) is 0 Å². The number of halogens is 2. The molecule has 1 aliphatic heterocycles. The molecule has 0 aliphatic carbocycles. The van der Waals surface area contributed by atoms with Crippen LogP contribution in [0.5, 0.6) is 0 Å². The van der Waals surface area contributed by atoms with Gasteiger partial charge in [0.25, 0.3) is 0 Å². The van der Waals surface area contributed by atoms with Crippen molar-refractivity contribution in [2.24, 2.45) is 0 Å². The molecule has 0 unspecified atom stereocenters. The van der Waals surface area contributed by atoms with Crippen molar-refractivity contribution in [2.75, 3.05) is 29.4 Å². The molecule has 1 saturated heterocycles. The molecule has 0 radical (unpaired) electrons. The fraction of sp³-hybridized carbons (Fsp3) is 0.269. The Morgan fingerprint density at radius 3 is 2.38 bits per heavy atom. The second-order valence-corrected chi connectivity index (χ2v) is 9.07. The number of aromatic nitrogens is 4. The zero-order chi connectivity index (χ0) is 23.8. The smallest absolute Gasteiger partial charge is 0.236 e. The number of benzene rings is 1. The first-order chi connectivity index (χ1) is 16.4. The average molecular weight is 477 g/mol. The van der Waals surface area contributed by atoms with Gasteiger partial charge >= 0.3 is 0 Å². The minimum absolute atomic E-state index is 0.169. The Morgan fingerprint density at radius 2 is 1.71 bits per heavy atom. The second-order valence-electron chi connectivity index (χ2n) is 8.67. The standard InChI is InChI=1S/C26H26ClFN6/c1-17-6-7-18(2)34(17)26-30-23(20-8-10-21(28)11-9-20)15-24(31-26)33-14-13-32(16-19(33)3)25-22(27)5-4-12-29-25/h4-12,15,19H,13-14,16H2,1-3H3/t19-/m1/s1. The van der Waals surface area contributed by atoms with Gasteiger partial charge in [-0.15, -0.1) is 0 Å². The fourth-order valence-corrected chi connectivity index (χ4v) is 4.76. The molecule has 3 aromatic heterocycles. The maximum absolute atomic E-state index is 13.6. The van der Waals surface area contributed by atoms with E-state index in [1.165, 1.54) is 12.1 Å². The summed E-state index contributed by atoms with van der Waals surface area (Å²) >= 11 is 6.40. The van der Waals surface area contributed by atoms with E-state index in [1.807, 2.05) is 36.6 Å². The molecule has 0 bridgehead atoms. The van der Waals surface area contributed by atoms with Crippen LogP contribution in [0.25, 0.3) is 17.2 Å². The topological polar surface area (TPSA) is 50.1 Å². The summed E-state index contributed by atoms with van der Waals surface area (Å²) in [6.07, 6.45) is 1.77. The van der Waals surface area contributed by atoms with Crippen LogP contribution in [0, 0.1) is 19.7 Å². The fourth-order valence-electron chi connectivity index (χ4n) is 4.52. The molecule has 1 atom stereocenters. The third-order valence-electron chi connectivity index (χ3n) is 6.27. The molecule has 4 aromatic rings. The molecular weight excluding hydrogens is 451 g/mol. The van der Waals surface area contributed by atoms with E-state index in [2.05, 4.69) is 33.8 Å². The maximum Gasteiger partial charge on any atom is 0.236 e. The van der Waals surface area contributed by atoms with Gasteiger partial charge in [-0.05, 0) is 69.3 Å². The van der Waals surface area contributed by atoms with Crippen LogP contribution < -0.4 is 9.80 Å². The number of nitrogens with zero attached hydrogens (tertiary/aromatic N) is 6. The normalized spacial score (nSPS) is 16.2. The summed E-state index contributed by atoms with van der Waals surface area (Å²) in [7, 11) is 0. The van der Waals surface area contributed by atoms with Gasteiger partial charge in [-0.1, -0.05) is 11.6 Å². The highest BCUT2D eigenvalue weighted by Crippen LogP contribution is 2.29. The largest absolute Gasteiger partial charge is 0.352 e. The van der Waals surface area contributed by atoms with Gasteiger partial charge in [0, 0.05) is 54.9 Å². The van der Waals surface area contributed by atoms with Crippen molar-refractivity contribution in [1.82, 2.24) is 19.5 Å². The summed E-state index contributed by atoms with van der Waals surface area (Å²) in [5.74, 6) is 1.99. The first-order valence-electron chi connectivity index (χ1n) is 11.3. The first-order valence-corrected chi connectivity index (χ1v) is 11.7. The van der Waals surface area contributed by atoms with Crippen molar-refractivity contribution in [2.45, 2.75) is 26.8 Å². The van der Waals surface area contributed by atoms with Crippen molar-refractivity contribution >= 4 is 23.2 Å². The van der Waals surface area contributed by atoms with Gasteiger partial charge in [-0.2, -0.15) is 4.98 Å². The summed E-state index contributed by atoms with van der Waals surface area (Å²) in [4.78, 5) is 18.8. The molecule has 174 valence electrons. The number of rotatable bonds is 4. The number of pyridine rings is 1. The summed E-state index contributed by atoms with van der Waals surface area (Å²) in [6.45, 7) is 8.56. The Labute approximate surface area is 203 Å². The Hall–Kier alpha value is -3.45. The van der Waals surface area contributed by atoms with Crippen LogP contribution in [0.1, 0.15) is 18.3 Å². The Bertz CT molecular complexity index is 1300. The highest BCUT2D eigenvalue weighted by molar-refractivity contribution is 6.32. The van der Waals surface area contributed by atoms with Crippen molar-refractivity contribution in [3.05, 3.63) is 83.0 Å². The minimum atomic E-state index is -0.270. The zero-order valence-electron chi connectivity index (χ0n) is 19.4. The van der Waals surface area contributed by atoms with E-state index in [-0.39, 0.29) is 11.9 Å². The van der Waals surface area contributed by atoms with E-state index in [0.717, 1.165) is 53.9 Å². The zero-order valence-corrected chi connectivity index (χ0v) is 20.2. The van der Waals surface area contributed by atoms with E-state index in [0.29, 0.717) is 11.0 Å². The summed E-state index contributed by atoms with van der Waals surface area (Å²) in [5, 5.41) is 0.657. The highest BCUT2D eigenvalue weighted by Gasteiger charge is 2.27. The summed E-state index contributed by atoms with van der Waals surface area (Å²) in [5.41, 5.74) is 3.72. The second kappa shape index (κ2) is 9.06. The lowest BCUT2D eigenvalue weighted by molar-refractivity contribution is 0.542. The molecule has 0 amide bonds. The van der Waals surface area contributed by atoms with Gasteiger partial charge in [0.2, 0.25) is 5.95 Å². The SMILES string of the molecule is Cc1ccc(C)n1-c1nc(-c2ccc(F)cc2)cc(N2CCN(c3ncccc3Cl)C[C@H]2C)n1. The summed E-state index contributed by atoms with van der Waals surface area (Å²) < 4.78 is 15.6. The van der Waals surface area contributed by atoms with Gasteiger partial charge in [0.1, 0.15) is 17.5 Å². The number of anilines is 2. The minimum Gasteiger partial charge on any atom is -0.352 e. The van der Waals surface area contributed by atoms with Crippen molar-refractivity contribution < 1.29 is 4.39 Å². The monoisotopic (exact) mass is 476 g/mol. The molecule has 1 fully saturated rings. The maximum atomic E-state index is 13.6. The molecule has 5 rings (SSSR count). The van der Waals surface area contributed by atoms with Crippen LogP contribution >= 0.6 is 11.6 Å². The first kappa shape index (κ1) is 22.3. The molecule has 8 heteroatoms. The van der Waals surface area contributed by atoms with Crippen molar-refractivity contribution in [1.29, 1.82) is 0 Å². The average Bonchev–Trinajstić information content (AvgIpc) is 3.17. The quantitative estimate of drug-likeness (QED) is 0.392. The predicted octanol–water partition coefficient (Wildman–Crippen LogP) is 5.45. The van der Waals surface area contributed by atoms with Gasteiger partial charge in [-0.25, -0.2) is 14.4 Å².